The molecule has 0 saturated heterocycles. The van der Waals surface area contributed by atoms with Gasteiger partial charge in [-0.3, -0.25) is 14.4 Å². The number of benzene rings is 1. The van der Waals surface area contributed by atoms with Crippen molar-refractivity contribution >= 4 is 29.2 Å². The number of carboxylic acids is 2. The van der Waals surface area contributed by atoms with Crippen molar-refractivity contribution in [3.05, 3.63) is 18.2 Å². The van der Waals surface area contributed by atoms with Crippen molar-refractivity contribution < 1.29 is 29.3 Å². The lowest BCUT2D eigenvalue weighted by molar-refractivity contribution is -0.138. The van der Waals surface area contributed by atoms with Crippen molar-refractivity contribution in [2.24, 2.45) is 0 Å². The minimum Gasteiger partial charge on any atom is -0.491 e. The average molecular weight is 451 g/mol. The van der Waals surface area contributed by atoms with Crippen molar-refractivity contribution in [1.29, 1.82) is 0 Å². The van der Waals surface area contributed by atoms with Crippen LogP contribution in [0.15, 0.2) is 18.2 Å². The lowest BCUT2D eigenvalue weighted by atomic mass is 10.1. The second-order valence-corrected chi connectivity index (χ2v) is 7.86. The third kappa shape index (κ3) is 13.5. The number of hydrogen-bond donors (Lipinski definition) is 4. The average Bonchev–Trinajstić information content (AvgIpc) is 2.74. The Morgan fingerprint density at radius 3 is 1.97 bits per heavy atom. The Morgan fingerprint density at radius 1 is 0.812 bits per heavy atom. The normalized spacial score (nSPS) is 10.5. The van der Waals surface area contributed by atoms with Crippen LogP contribution in [0, 0.1) is 0 Å². The molecule has 1 aromatic rings. The van der Waals surface area contributed by atoms with E-state index in [1.165, 1.54) is 0 Å². The Bertz CT molecular complexity index is 708. The summed E-state index contributed by atoms with van der Waals surface area (Å²) < 4.78 is 5.74. The van der Waals surface area contributed by atoms with Gasteiger partial charge >= 0.3 is 11.9 Å². The van der Waals surface area contributed by atoms with Crippen LogP contribution < -0.4 is 15.4 Å². The summed E-state index contributed by atoms with van der Waals surface area (Å²) in [6, 6.07) is 5.49. The minimum absolute atomic E-state index is 0.0386. The summed E-state index contributed by atoms with van der Waals surface area (Å²) in [5, 5.41) is 23.5. The van der Waals surface area contributed by atoms with E-state index in [0.29, 0.717) is 24.3 Å². The highest BCUT2D eigenvalue weighted by molar-refractivity contribution is 5.92. The van der Waals surface area contributed by atoms with Gasteiger partial charge in [0.05, 0.1) is 12.3 Å². The highest BCUT2D eigenvalue weighted by Gasteiger charge is 2.10. The molecule has 0 aliphatic heterocycles. The predicted molar refractivity (Wildman–Crippen MR) is 125 cm³/mol. The van der Waals surface area contributed by atoms with E-state index < -0.39 is 11.9 Å². The molecule has 8 nitrogen and oxygen atoms in total. The predicted octanol–water partition coefficient (Wildman–Crippen LogP) is 5.29. The molecule has 0 aliphatic carbocycles. The molecule has 0 heterocycles. The van der Waals surface area contributed by atoms with Crippen LogP contribution in [0.2, 0.25) is 0 Å². The molecular weight excluding hydrogens is 412 g/mol. The first-order valence-electron chi connectivity index (χ1n) is 11.7. The van der Waals surface area contributed by atoms with Crippen LogP contribution in [0.3, 0.4) is 0 Å². The van der Waals surface area contributed by atoms with E-state index in [4.69, 9.17) is 14.9 Å². The zero-order valence-electron chi connectivity index (χ0n) is 19.2. The maximum Gasteiger partial charge on any atom is 0.303 e. The molecule has 1 amide bonds. The van der Waals surface area contributed by atoms with Gasteiger partial charge in [0.25, 0.3) is 0 Å². The van der Waals surface area contributed by atoms with Gasteiger partial charge in [-0.2, -0.15) is 0 Å². The molecule has 0 bridgehead atoms. The number of amides is 1. The van der Waals surface area contributed by atoms with Crippen molar-refractivity contribution in [2.75, 3.05) is 23.8 Å². The van der Waals surface area contributed by atoms with E-state index in [-0.39, 0.29) is 25.4 Å². The first-order valence-corrected chi connectivity index (χ1v) is 11.7. The zero-order valence-corrected chi connectivity index (χ0v) is 19.2. The lowest BCUT2D eigenvalue weighted by Crippen LogP contribution is -2.13. The minimum atomic E-state index is -0.860. The van der Waals surface area contributed by atoms with E-state index in [9.17, 15) is 14.4 Å². The van der Waals surface area contributed by atoms with Crippen LogP contribution in [0.4, 0.5) is 11.4 Å². The number of hydrogen-bond acceptors (Lipinski definition) is 5. The Labute approximate surface area is 190 Å². The molecule has 4 N–H and O–H groups in total. The molecule has 0 radical (unpaired) electrons. The van der Waals surface area contributed by atoms with Crippen LogP contribution >= 0.6 is 0 Å². The van der Waals surface area contributed by atoms with Gasteiger partial charge in [0.2, 0.25) is 5.91 Å². The molecule has 0 saturated carbocycles. The van der Waals surface area contributed by atoms with E-state index in [2.05, 4.69) is 10.6 Å². The fourth-order valence-electron chi connectivity index (χ4n) is 3.30. The molecule has 0 aromatic heterocycles. The maximum atomic E-state index is 12.3. The monoisotopic (exact) mass is 450 g/mol. The zero-order chi connectivity index (χ0) is 23.6. The van der Waals surface area contributed by atoms with Crippen molar-refractivity contribution in [2.45, 2.75) is 84.0 Å². The number of carbonyl (C=O) groups excluding carboxylic acids is 1. The highest BCUT2D eigenvalue weighted by Crippen LogP contribution is 2.29. The quantitative estimate of drug-likeness (QED) is 0.211. The first-order chi connectivity index (χ1) is 15.4. The molecule has 0 fully saturated rings. The molecular formula is C24H38N2O6. The van der Waals surface area contributed by atoms with Crippen molar-refractivity contribution in [3.63, 3.8) is 0 Å². The standard InChI is InChI=1S/C24H38N2O6/c1-2-25-19-15-16-20(21(18-19)32-17-11-14-24(30)31)26-22(27)12-9-7-5-3-4-6-8-10-13-23(28)29/h15-16,18,25H,2-14,17H2,1H3,(H,26,27)(H,28,29)(H,30,31). The third-order valence-corrected chi connectivity index (χ3v) is 4.97. The van der Waals surface area contributed by atoms with E-state index in [1.54, 1.807) is 6.07 Å². The smallest absolute Gasteiger partial charge is 0.303 e. The Hall–Kier alpha value is -2.77. The summed E-state index contributed by atoms with van der Waals surface area (Å²) in [7, 11) is 0. The summed E-state index contributed by atoms with van der Waals surface area (Å²) in [4.78, 5) is 33.5. The van der Waals surface area contributed by atoms with E-state index >= 15 is 0 Å². The largest absolute Gasteiger partial charge is 0.491 e. The van der Waals surface area contributed by atoms with E-state index in [1.807, 2.05) is 19.1 Å². The number of unbranched alkanes of at least 4 members (excludes halogenated alkanes) is 7. The van der Waals surface area contributed by atoms with Crippen LogP contribution in [-0.2, 0) is 14.4 Å². The number of rotatable bonds is 19. The molecule has 0 atom stereocenters. The summed E-state index contributed by atoms with van der Waals surface area (Å²) >= 11 is 0. The number of ether oxygens (including phenoxy) is 1. The SMILES string of the molecule is CCNc1ccc(NC(=O)CCCCCCCCCCC(=O)O)c(OCCCC(=O)O)c1. The molecule has 8 heteroatoms. The maximum absolute atomic E-state index is 12.3. The Balaban J connectivity index is 2.32. The Kier molecular flexibility index (Phi) is 14.4. The fourth-order valence-corrected chi connectivity index (χ4v) is 3.30. The van der Waals surface area contributed by atoms with Gasteiger partial charge in [0, 0.05) is 37.6 Å². The second kappa shape index (κ2) is 16.9. The van der Waals surface area contributed by atoms with Gasteiger partial charge in [-0.05, 0) is 38.3 Å². The summed E-state index contributed by atoms with van der Waals surface area (Å²) in [5.74, 6) is -1.12. The van der Waals surface area contributed by atoms with Gasteiger partial charge < -0.3 is 25.6 Å². The number of carbonyl (C=O) groups is 3. The van der Waals surface area contributed by atoms with Crippen LogP contribution in [0.5, 0.6) is 5.75 Å². The molecule has 180 valence electrons. The number of carboxylic acid groups (broad SMARTS) is 2. The molecule has 1 rings (SSSR count). The van der Waals surface area contributed by atoms with Crippen LogP contribution in [0.25, 0.3) is 0 Å². The topological polar surface area (TPSA) is 125 Å². The highest BCUT2D eigenvalue weighted by atomic mass is 16.5. The van der Waals surface area contributed by atoms with Gasteiger partial charge in [-0.15, -0.1) is 0 Å². The molecule has 32 heavy (non-hydrogen) atoms. The molecule has 0 aliphatic rings. The second-order valence-electron chi connectivity index (χ2n) is 7.86. The Morgan fingerprint density at radius 2 is 1.38 bits per heavy atom. The fraction of sp³-hybridized carbons (Fsp3) is 0.625. The molecule has 0 unspecified atom stereocenters. The van der Waals surface area contributed by atoms with Crippen LogP contribution in [-0.4, -0.2) is 41.2 Å². The molecule has 1 aromatic carbocycles. The van der Waals surface area contributed by atoms with Gasteiger partial charge in [0.1, 0.15) is 5.75 Å². The number of anilines is 2. The lowest BCUT2D eigenvalue weighted by Gasteiger charge is -2.14. The summed E-state index contributed by atoms with van der Waals surface area (Å²) in [6.45, 7) is 3.01. The van der Waals surface area contributed by atoms with Gasteiger partial charge in [-0.25, -0.2) is 0 Å². The molecule has 0 spiro atoms. The van der Waals surface area contributed by atoms with Gasteiger partial charge in [0.15, 0.2) is 0 Å². The van der Waals surface area contributed by atoms with Crippen molar-refractivity contribution in [1.82, 2.24) is 0 Å². The third-order valence-electron chi connectivity index (χ3n) is 4.97. The number of aliphatic carboxylic acids is 2. The number of nitrogens with one attached hydrogen (secondary N) is 2. The summed E-state index contributed by atoms with van der Waals surface area (Å²) in [6.07, 6.45) is 8.97. The van der Waals surface area contributed by atoms with Crippen molar-refractivity contribution in [3.8, 4) is 5.75 Å². The van der Waals surface area contributed by atoms with Crippen LogP contribution in [0.1, 0.15) is 84.0 Å². The van der Waals surface area contributed by atoms with Gasteiger partial charge in [-0.1, -0.05) is 38.5 Å². The summed E-state index contributed by atoms with van der Waals surface area (Å²) in [5.41, 5.74) is 1.47. The first kappa shape index (κ1) is 27.3. The van der Waals surface area contributed by atoms with E-state index in [0.717, 1.165) is 63.6 Å².